The van der Waals surface area contributed by atoms with Crippen LogP contribution in [0.1, 0.15) is 12.7 Å². The van der Waals surface area contributed by atoms with Gasteiger partial charge in [-0.25, -0.2) is 0 Å². The zero-order valence-electron chi connectivity index (χ0n) is 13.0. The number of allylic oxidation sites excluding steroid dienone is 2. The van der Waals surface area contributed by atoms with Crippen LogP contribution in [0.25, 0.3) is 6.08 Å². The summed E-state index contributed by atoms with van der Waals surface area (Å²) in [6.45, 7) is 1.86. The van der Waals surface area contributed by atoms with E-state index in [0.29, 0.717) is 20.7 Å². The number of thioether (sulfide) groups is 1. The fourth-order valence-electron chi connectivity index (χ4n) is 2.26. The van der Waals surface area contributed by atoms with Gasteiger partial charge in [-0.1, -0.05) is 24.0 Å². The maximum Gasteiger partial charge on any atom is 0.270 e. The van der Waals surface area contributed by atoms with Crippen LogP contribution in [0.2, 0.25) is 0 Å². The van der Waals surface area contributed by atoms with Crippen molar-refractivity contribution < 1.29 is 14.1 Å². The van der Waals surface area contributed by atoms with Crippen LogP contribution in [-0.2, 0) is 4.79 Å². The zero-order valence-corrected chi connectivity index (χ0v) is 14.7. The summed E-state index contributed by atoms with van der Waals surface area (Å²) in [5.41, 5.74) is 1.31. The molecule has 3 rings (SSSR count). The molecule has 1 aromatic heterocycles. The molecule has 126 valence electrons. The lowest BCUT2D eigenvalue weighted by Crippen LogP contribution is -2.27. The molecule has 1 aromatic carbocycles. The first-order valence-corrected chi connectivity index (χ1v) is 8.42. The molecule has 0 spiro atoms. The molecule has 2 aromatic rings. The zero-order chi connectivity index (χ0) is 18.0. The van der Waals surface area contributed by atoms with E-state index in [1.807, 2.05) is 19.1 Å². The number of hydrogen-bond acceptors (Lipinski definition) is 6. The van der Waals surface area contributed by atoms with Crippen LogP contribution in [0, 0.1) is 10.1 Å². The Morgan fingerprint density at radius 2 is 2.04 bits per heavy atom. The minimum atomic E-state index is -0.489. The number of carbonyl (C=O) groups excluding carboxylic acids is 1. The lowest BCUT2D eigenvalue weighted by atomic mass is 10.2. The molecule has 1 amide bonds. The third kappa shape index (κ3) is 3.70. The van der Waals surface area contributed by atoms with Crippen LogP contribution in [-0.4, -0.2) is 15.2 Å². The van der Waals surface area contributed by atoms with Crippen molar-refractivity contribution in [3.63, 3.8) is 0 Å². The summed E-state index contributed by atoms with van der Waals surface area (Å²) in [7, 11) is 0. The molecule has 0 saturated carbocycles. The van der Waals surface area contributed by atoms with Gasteiger partial charge in [-0.2, -0.15) is 0 Å². The maximum atomic E-state index is 12.6. The molecule has 8 heteroatoms. The quantitative estimate of drug-likeness (QED) is 0.339. The van der Waals surface area contributed by atoms with E-state index in [2.05, 4.69) is 0 Å². The summed E-state index contributed by atoms with van der Waals surface area (Å²) < 4.78 is 5.63. The topological polar surface area (TPSA) is 76.6 Å². The Morgan fingerprint density at radius 1 is 1.32 bits per heavy atom. The average Bonchev–Trinajstić information content (AvgIpc) is 3.16. The molecule has 0 unspecified atom stereocenters. The van der Waals surface area contributed by atoms with E-state index < -0.39 is 4.92 Å². The van der Waals surface area contributed by atoms with Crippen molar-refractivity contribution >= 4 is 51.7 Å². The average molecular weight is 372 g/mol. The van der Waals surface area contributed by atoms with Crippen molar-refractivity contribution in [2.24, 2.45) is 0 Å². The van der Waals surface area contributed by atoms with Crippen molar-refractivity contribution in [2.45, 2.75) is 6.92 Å². The van der Waals surface area contributed by atoms with Gasteiger partial charge in [-0.15, -0.1) is 0 Å². The Hall–Kier alpha value is -2.71. The van der Waals surface area contributed by atoms with Crippen molar-refractivity contribution in [1.29, 1.82) is 0 Å². The second kappa shape index (κ2) is 7.04. The van der Waals surface area contributed by atoms with Gasteiger partial charge in [0.1, 0.15) is 5.76 Å². The van der Waals surface area contributed by atoms with Gasteiger partial charge in [0.25, 0.3) is 11.6 Å². The number of rotatable bonds is 4. The number of furan rings is 1. The lowest BCUT2D eigenvalue weighted by Gasteiger charge is -2.13. The standard InChI is InChI=1S/C17H12N2O4S2/c1-11(9-14-3-2-8-23-14)10-15-16(20)18(17(24)25-15)12-4-6-13(7-5-12)19(21)22/h2-10H,1H3. The summed E-state index contributed by atoms with van der Waals surface area (Å²) in [4.78, 5) is 24.7. The number of anilines is 1. The molecule has 25 heavy (non-hydrogen) atoms. The molecule has 2 heterocycles. The van der Waals surface area contributed by atoms with Gasteiger partial charge in [0.05, 0.1) is 21.8 Å². The third-order valence-electron chi connectivity index (χ3n) is 3.38. The summed E-state index contributed by atoms with van der Waals surface area (Å²) in [6, 6.07) is 9.32. The van der Waals surface area contributed by atoms with Gasteiger partial charge >= 0.3 is 0 Å². The van der Waals surface area contributed by atoms with Crippen molar-refractivity contribution in [2.75, 3.05) is 4.90 Å². The van der Waals surface area contributed by atoms with E-state index in [0.717, 1.165) is 5.57 Å². The van der Waals surface area contributed by atoms with Crippen molar-refractivity contribution in [3.05, 3.63) is 75.1 Å². The number of carbonyl (C=O) groups is 1. The molecule has 0 N–H and O–H groups in total. The highest BCUT2D eigenvalue weighted by molar-refractivity contribution is 8.27. The molecule has 1 saturated heterocycles. The summed E-state index contributed by atoms with van der Waals surface area (Å²) >= 11 is 6.48. The smallest absolute Gasteiger partial charge is 0.270 e. The molecule has 1 aliphatic heterocycles. The van der Waals surface area contributed by atoms with E-state index in [1.54, 1.807) is 18.4 Å². The summed E-state index contributed by atoms with van der Waals surface area (Å²) in [5.74, 6) is 0.440. The number of nitro benzene ring substituents is 1. The predicted octanol–water partition coefficient (Wildman–Crippen LogP) is 4.54. The predicted molar refractivity (Wildman–Crippen MR) is 101 cm³/mol. The number of amides is 1. The largest absolute Gasteiger partial charge is 0.465 e. The normalized spacial score (nSPS) is 16.8. The molecular formula is C17H12N2O4S2. The Kier molecular flexibility index (Phi) is 4.82. The highest BCUT2D eigenvalue weighted by Crippen LogP contribution is 2.36. The Bertz CT molecular complexity index is 899. The van der Waals surface area contributed by atoms with Crippen LogP contribution in [0.5, 0.6) is 0 Å². The lowest BCUT2D eigenvalue weighted by molar-refractivity contribution is -0.384. The molecule has 0 aliphatic carbocycles. The van der Waals surface area contributed by atoms with Crippen LogP contribution in [0.4, 0.5) is 11.4 Å². The molecule has 6 nitrogen and oxygen atoms in total. The van der Waals surface area contributed by atoms with E-state index in [-0.39, 0.29) is 11.6 Å². The first kappa shape index (κ1) is 17.1. The molecular weight excluding hydrogens is 360 g/mol. The van der Waals surface area contributed by atoms with E-state index >= 15 is 0 Å². The van der Waals surface area contributed by atoms with E-state index in [1.165, 1.54) is 40.9 Å². The SMILES string of the molecule is CC(=Cc1ccco1)C=C1SC(=S)N(c2ccc([N+](=O)[O-])cc2)C1=O. The number of non-ortho nitro benzene ring substituents is 1. The van der Waals surface area contributed by atoms with Crippen LogP contribution >= 0.6 is 24.0 Å². The fourth-order valence-corrected chi connectivity index (χ4v) is 3.61. The number of benzene rings is 1. The van der Waals surface area contributed by atoms with Crippen LogP contribution in [0.15, 0.2) is 63.6 Å². The molecule has 0 radical (unpaired) electrons. The second-order valence-corrected chi connectivity index (χ2v) is 6.87. The molecule has 1 fully saturated rings. The number of thiocarbonyl (C=S) groups is 1. The Morgan fingerprint density at radius 3 is 2.64 bits per heavy atom. The minimum Gasteiger partial charge on any atom is -0.465 e. The van der Waals surface area contributed by atoms with E-state index in [4.69, 9.17) is 16.6 Å². The van der Waals surface area contributed by atoms with Crippen molar-refractivity contribution in [3.8, 4) is 0 Å². The highest BCUT2D eigenvalue weighted by Gasteiger charge is 2.33. The highest BCUT2D eigenvalue weighted by atomic mass is 32.2. The van der Waals surface area contributed by atoms with E-state index in [9.17, 15) is 14.9 Å². The van der Waals surface area contributed by atoms with Gasteiger partial charge < -0.3 is 4.42 Å². The molecule has 1 aliphatic rings. The monoisotopic (exact) mass is 372 g/mol. The fraction of sp³-hybridized carbons (Fsp3) is 0.0588. The van der Waals surface area contributed by atoms with Gasteiger partial charge in [0.2, 0.25) is 0 Å². The van der Waals surface area contributed by atoms with Gasteiger partial charge in [-0.3, -0.25) is 19.8 Å². The third-order valence-corrected chi connectivity index (χ3v) is 4.69. The van der Waals surface area contributed by atoms with Gasteiger partial charge in [0.15, 0.2) is 4.32 Å². The number of hydrogen-bond donors (Lipinski definition) is 0. The Labute approximate surface area is 153 Å². The van der Waals surface area contributed by atoms with Crippen molar-refractivity contribution in [1.82, 2.24) is 0 Å². The van der Waals surface area contributed by atoms with Gasteiger partial charge in [0, 0.05) is 12.1 Å². The number of nitro groups is 1. The summed E-state index contributed by atoms with van der Waals surface area (Å²) in [6.07, 6.45) is 5.14. The first-order valence-electron chi connectivity index (χ1n) is 7.20. The summed E-state index contributed by atoms with van der Waals surface area (Å²) in [5, 5.41) is 10.7. The number of nitrogens with zero attached hydrogens (tertiary/aromatic N) is 2. The molecule has 0 bridgehead atoms. The first-order chi connectivity index (χ1) is 12.0. The maximum absolute atomic E-state index is 12.6. The molecule has 0 atom stereocenters. The van der Waals surface area contributed by atoms with Crippen LogP contribution in [0.3, 0.4) is 0 Å². The minimum absolute atomic E-state index is 0.0399. The van der Waals surface area contributed by atoms with Crippen LogP contribution < -0.4 is 4.90 Å². The van der Waals surface area contributed by atoms with Gasteiger partial charge in [-0.05, 0) is 48.9 Å². The second-order valence-electron chi connectivity index (χ2n) is 5.19. The Balaban J connectivity index is 1.84.